The van der Waals surface area contributed by atoms with E-state index in [1.807, 2.05) is 24.3 Å². The van der Waals surface area contributed by atoms with Crippen molar-refractivity contribution in [3.05, 3.63) is 35.5 Å². The van der Waals surface area contributed by atoms with Crippen molar-refractivity contribution >= 4 is 11.5 Å². The number of ether oxygens (including phenoxy) is 2. The Hall–Kier alpha value is -2.34. The Balaban J connectivity index is 1.96. The van der Waals surface area contributed by atoms with E-state index in [1.54, 1.807) is 14.2 Å². The van der Waals surface area contributed by atoms with Crippen LogP contribution in [0, 0.1) is 0 Å². The molecule has 1 aliphatic rings. The lowest BCUT2D eigenvalue weighted by atomic mass is 10.1. The van der Waals surface area contributed by atoms with Crippen LogP contribution in [0.15, 0.2) is 24.3 Å². The molecule has 0 bridgehead atoms. The highest BCUT2D eigenvalue weighted by Crippen LogP contribution is 2.27. The van der Waals surface area contributed by atoms with Gasteiger partial charge in [-0.25, -0.2) is 0 Å². The van der Waals surface area contributed by atoms with Crippen LogP contribution in [0.3, 0.4) is 0 Å². The third kappa shape index (κ3) is 2.90. The second kappa shape index (κ2) is 5.97. The molecule has 2 aromatic rings. The first-order chi connectivity index (χ1) is 10.3. The number of hydrogen-bond acceptors (Lipinski definition) is 6. The molecule has 110 valence electrons. The van der Waals surface area contributed by atoms with E-state index < -0.39 is 0 Å². The molecule has 0 radical (unpaired) electrons. The molecule has 0 aliphatic carbocycles. The van der Waals surface area contributed by atoms with Crippen molar-refractivity contribution in [3.8, 4) is 11.8 Å². The highest BCUT2D eigenvalue weighted by molar-refractivity contribution is 5.62. The normalized spacial score (nSPS) is 13.4. The zero-order valence-corrected chi connectivity index (χ0v) is 12.1. The van der Waals surface area contributed by atoms with E-state index in [0.29, 0.717) is 6.01 Å². The van der Waals surface area contributed by atoms with Crippen LogP contribution in [0.1, 0.15) is 11.3 Å². The van der Waals surface area contributed by atoms with Gasteiger partial charge in [0.2, 0.25) is 0 Å². The van der Waals surface area contributed by atoms with Crippen molar-refractivity contribution in [2.24, 2.45) is 0 Å². The minimum Gasteiger partial charge on any atom is -0.497 e. The Kier molecular flexibility index (Phi) is 3.87. The minimum absolute atomic E-state index is 0.390. The Labute approximate surface area is 123 Å². The molecule has 0 saturated heterocycles. The lowest BCUT2D eigenvalue weighted by Crippen LogP contribution is -2.26. The number of nitrogens with one attached hydrogen (secondary N) is 2. The number of methoxy groups -OCH3 is 2. The molecule has 2 N–H and O–H groups in total. The predicted molar refractivity (Wildman–Crippen MR) is 80.3 cm³/mol. The van der Waals surface area contributed by atoms with Gasteiger partial charge in [0, 0.05) is 36.8 Å². The van der Waals surface area contributed by atoms with Crippen molar-refractivity contribution < 1.29 is 9.47 Å². The second-order valence-corrected chi connectivity index (χ2v) is 4.77. The number of hydrogen-bond donors (Lipinski definition) is 2. The Morgan fingerprint density at radius 1 is 1.19 bits per heavy atom. The Morgan fingerprint density at radius 2 is 2.10 bits per heavy atom. The number of rotatable bonds is 4. The quantitative estimate of drug-likeness (QED) is 0.894. The lowest BCUT2D eigenvalue weighted by Gasteiger charge is -2.20. The van der Waals surface area contributed by atoms with E-state index >= 15 is 0 Å². The molecular formula is C15H18N4O2. The van der Waals surface area contributed by atoms with Crippen LogP contribution in [-0.2, 0) is 13.0 Å². The smallest absolute Gasteiger partial charge is 0.318 e. The van der Waals surface area contributed by atoms with Gasteiger partial charge in [0.05, 0.1) is 19.9 Å². The molecule has 0 saturated carbocycles. The van der Waals surface area contributed by atoms with Crippen LogP contribution in [0.25, 0.3) is 0 Å². The fraction of sp³-hybridized carbons (Fsp3) is 0.333. The van der Waals surface area contributed by atoms with E-state index in [0.717, 1.165) is 48.0 Å². The van der Waals surface area contributed by atoms with E-state index in [-0.39, 0.29) is 0 Å². The molecule has 3 rings (SSSR count). The first-order valence-corrected chi connectivity index (χ1v) is 6.85. The van der Waals surface area contributed by atoms with Crippen LogP contribution < -0.4 is 20.1 Å². The molecule has 6 nitrogen and oxygen atoms in total. The third-order valence-electron chi connectivity index (χ3n) is 3.43. The Morgan fingerprint density at radius 3 is 2.90 bits per heavy atom. The van der Waals surface area contributed by atoms with Gasteiger partial charge in [0.25, 0.3) is 0 Å². The van der Waals surface area contributed by atoms with Gasteiger partial charge in [0.15, 0.2) is 0 Å². The zero-order chi connectivity index (χ0) is 14.7. The summed E-state index contributed by atoms with van der Waals surface area (Å²) in [6.07, 6.45) is 0.876. The predicted octanol–water partition coefficient (Wildman–Crippen LogP) is 1.88. The van der Waals surface area contributed by atoms with Crippen LogP contribution in [0.2, 0.25) is 0 Å². The minimum atomic E-state index is 0.390. The summed E-state index contributed by atoms with van der Waals surface area (Å²) in [6.45, 7) is 1.68. The first-order valence-electron chi connectivity index (χ1n) is 6.85. The summed E-state index contributed by atoms with van der Waals surface area (Å²) >= 11 is 0. The number of nitrogens with zero attached hydrogens (tertiary/aromatic N) is 2. The number of aromatic nitrogens is 2. The molecule has 1 aromatic heterocycles. The maximum absolute atomic E-state index is 5.24. The van der Waals surface area contributed by atoms with Crippen LogP contribution in [0.5, 0.6) is 11.8 Å². The van der Waals surface area contributed by atoms with Crippen molar-refractivity contribution in [2.45, 2.75) is 13.0 Å². The summed E-state index contributed by atoms with van der Waals surface area (Å²) in [4.78, 5) is 8.86. The summed E-state index contributed by atoms with van der Waals surface area (Å²) in [5.41, 5.74) is 3.04. The van der Waals surface area contributed by atoms with Gasteiger partial charge in [0.1, 0.15) is 11.6 Å². The summed E-state index contributed by atoms with van der Waals surface area (Å²) < 4.78 is 10.4. The highest BCUT2D eigenvalue weighted by atomic mass is 16.5. The molecule has 0 fully saturated rings. The number of benzene rings is 1. The Bertz CT molecular complexity index is 646. The topological polar surface area (TPSA) is 68.3 Å². The second-order valence-electron chi connectivity index (χ2n) is 4.77. The van der Waals surface area contributed by atoms with Gasteiger partial charge in [-0.15, -0.1) is 0 Å². The average Bonchev–Trinajstić information content (AvgIpc) is 2.55. The molecule has 0 amide bonds. The highest BCUT2D eigenvalue weighted by Gasteiger charge is 2.18. The van der Waals surface area contributed by atoms with Gasteiger partial charge in [-0.2, -0.15) is 9.97 Å². The molecule has 2 heterocycles. The van der Waals surface area contributed by atoms with Crippen LogP contribution >= 0.6 is 0 Å². The lowest BCUT2D eigenvalue weighted by molar-refractivity contribution is 0.377. The SMILES string of the molecule is COc1cccc(Nc2nc(OC)nc3c2CNCC3)c1. The summed E-state index contributed by atoms with van der Waals surface area (Å²) in [5, 5.41) is 6.67. The van der Waals surface area contributed by atoms with Crippen LogP contribution in [0.4, 0.5) is 11.5 Å². The van der Waals surface area contributed by atoms with Gasteiger partial charge in [-0.05, 0) is 12.1 Å². The van der Waals surface area contributed by atoms with E-state index in [1.165, 1.54) is 0 Å². The summed E-state index contributed by atoms with van der Waals surface area (Å²) in [6, 6.07) is 8.13. The summed E-state index contributed by atoms with van der Waals surface area (Å²) in [5.74, 6) is 1.57. The van der Waals surface area contributed by atoms with E-state index in [2.05, 4.69) is 20.6 Å². The van der Waals surface area contributed by atoms with Crippen molar-refractivity contribution in [3.63, 3.8) is 0 Å². The standard InChI is InChI=1S/C15H18N4O2/c1-20-11-5-3-4-10(8-11)17-14-12-9-16-7-6-13(12)18-15(19-14)21-2/h3-5,8,16H,6-7,9H2,1-2H3,(H,17,18,19). The third-order valence-corrected chi connectivity index (χ3v) is 3.43. The fourth-order valence-corrected chi connectivity index (χ4v) is 2.35. The van der Waals surface area contributed by atoms with Crippen molar-refractivity contribution in [2.75, 3.05) is 26.1 Å². The van der Waals surface area contributed by atoms with E-state index in [9.17, 15) is 0 Å². The van der Waals surface area contributed by atoms with Crippen molar-refractivity contribution in [1.82, 2.24) is 15.3 Å². The molecule has 1 aromatic carbocycles. The molecule has 0 unspecified atom stereocenters. The average molecular weight is 286 g/mol. The molecular weight excluding hydrogens is 268 g/mol. The molecule has 21 heavy (non-hydrogen) atoms. The van der Waals surface area contributed by atoms with Gasteiger partial charge >= 0.3 is 6.01 Å². The fourth-order valence-electron chi connectivity index (χ4n) is 2.35. The molecule has 0 spiro atoms. The molecule has 0 atom stereocenters. The van der Waals surface area contributed by atoms with Crippen molar-refractivity contribution in [1.29, 1.82) is 0 Å². The largest absolute Gasteiger partial charge is 0.497 e. The molecule has 1 aliphatic heterocycles. The van der Waals surface area contributed by atoms with Gasteiger partial charge < -0.3 is 20.1 Å². The van der Waals surface area contributed by atoms with Gasteiger partial charge in [-0.1, -0.05) is 6.07 Å². The van der Waals surface area contributed by atoms with Crippen LogP contribution in [-0.4, -0.2) is 30.7 Å². The number of anilines is 2. The van der Waals surface area contributed by atoms with E-state index in [4.69, 9.17) is 9.47 Å². The monoisotopic (exact) mass is 286 g/mol. The first kappa shape index (κ1) is 13.6. The maximum atomic E-state index is 5.24. The maximum Gasteiger partial charge on any atom is 0.318 e. The van der Waals surface area contributed by atoms with Gasteiger partial charge in [-0.3, -0.25) is 0 Å². The summed E-state index contributed by atoms with van der Waals surface area (Å²) in [7, 11) is 3.23. The molecule has 6 heteroatoms. The number of fused-ring (bicyclic) bond motifs is 1. The zero-order valence-electron chi connectivity index (χ0n) is 12.1.